The minimum Gasteiger partial charge on any atom is -0.385 e. The molecule has 1 aromatic heterocycles. The molecule has 0 fully saturated rings. The minimum atomic E-state index is -2.76. The fourth-order valence-electron chi connectivity index (χ4n) is 0.819. The summed E-state index contributed by atoms with van der Waals surface area (Å²) in [6.45, 7) is 1.50. The number of aromatic nitrogens is 2. The molecule has 0 amide bonds. The quantitative estimate of drug-likeness (QED) is 0.760. The van der Waals surface area contributed by atoms with Crippen LogP contribution in [0.5, 0.6) is 0 Å². The van der Waals surface area contributed by atoms with Crippen molar-refractivity contribution in [1.29, 1.82) is 0 Å². The molecule has 0 spiro atoms. The normalized spacial score (nSPS) is 12.9. The maximum absolute atomic E-state index is 11.9. The number of rotatable bonds is 4. The van der Waals surface area contributed by atoms with Gasteiger partial charge >= 0.3 is 0 Å². The summed E-state index contributed by atoms with van der Waals surface area (Å²) >= 11 is 0. The van der Waals surface area contributed by atoms with E-state index in [1.54, 1.807) is 13.0 Å². The Hall–Kier alpha value is -1.30. The Morgan fingerprint density at radius 1 is 1.57 bits per heavy atom. The van der Waals surface area contributed by atoms with E-state index in [0.717, 1.165) is 5.69 Å². The third-order valence-corrected chi connectivity index (χ3v) is 1.55. The van der Waals surface area contributed by atoms with Crippen LogP contribution in [0.3, 0.4) is 0 Å². The van der Waals surface area contributed by atoms with Crippen LogP contribution >= 0.6 is 0 Å². The highest BCUT2D eigenvalue weighted by molar-refractivity contribution is 5.24. The summed E-state index contributed by atoms with van der Waals surface area (Å²) in [5, 5.41) is 11.3. The van der Waals surface area contributed by atoms with E-state index >= 15 is 0 Å². The number of anilines is 1. The lowest BCUT2D eigenvalue weighted by molar-refractivity contribution is 0.00376. The number of alkyl halides is 2. The zero-order chi connectivity index (χ0) is 10.6. The molecule has 0 saturated heterocycles. The molecule has 0 bridgehead atoms. The zero-order valence-corrected chi connectivity index (χ0v) is 7.61. The van der Waals surface area contributed by atoms with Crippen molar-refractivity contribution < 1.29 is 13.9 Å². The van der Waals surface area contributed by atoms with Crippen molar-refractivity contribution in [1.82, 2.24) is 9.97 Å². The van der Waals surface area contributed by atoms with Gasteiger partial charge in [0, 0.05) is 18.4 Å². The van der Waals surface area contributed by atoms with Gasteiger partial charge in [0.2, 0.25) is 5.95 Å². The standard InChI is InChI=1S/C8H11F2N3O/c1-5-2-3-11-8(13-5)12-4-6(14)7(9)10/h2-3,6-7,14H,4H2,1H3,(H,11,12,13). The van der Waals surface area contributed by atoms with Gasteiger partial charge in [-0.3, -0.25) is 0 Å². The van der Waals surface area contributed by atoms with Crippen molar-refractivity contribution in [2.24, 2.45) is 0 Å². The predicted octanol–water partition coefficient (Wildman–Crippen LogP) is 0.823. The van der Waals surface area contributed by atoms with Crippen LogP contribution in [0, 0.1) is 6.92 Å². The zero-order valence-electron chi connectivity index (χ0n) is 7.61. The van der Waals surface area contributed by atoms with Gasteiger partial charge in [-0.1, -0.05) is 0 Å². The summed E-state index contributed by atoms with van der Waals surface area (Å²) in [4.78, 5) is 7.72. The fraction of sp³-hybridized carbons (Fsp3) is 0.500. The van der Waals surface area contributed by atoms with E-state index in [4.69, 9.17) is 5.11 Å². The van der Waals surface area contributed by atoms with Crippen molar-refractivity contribution in [3.8, 4) is 0 Å². The Bertz CT molecular complexity index is 296. The van der Waals surface area contributed by atoms with Gasteiger partial charge in [0.05, 0.1) is 0 Å². The summed E-state index contributed by atoms with van der Waals surface area (Å²) < 4.78 is 23.8. The van der Waals surface area contributed by atoms with Crippen LogP contribution in [0.4, 0.5) is 14.7 Å². The highest BCUT2D eigenvalue weighted by Crippen LogP contribution is 2.03. The Morgan fingerprint density at radius 2 is 2.29 bits per heavy atom. The van der Waals surface area contributed by atoms with Crippen molar-refractivity contribution in [2.45, 2.75) is 19.5 Å². The molecule has 1 heterocycles. The molecule has 1 rings (SSSR count). The van der Waals surface area contributed by atoms with Crippen LogP contribution < -0.4 is 5.32 Å². The minimum absolute atomic E-state index is 0.240. The fourth-order valence-corrected chi connectivity index (χ4v) is 0.819. The van der Waals surface area contributed by atoms with E-state index in [1.807, 2.05) is 0 Å². The third-order valence-electron chi connectivity index (χ3n) is 1.55. The molecule has 1 atom stereocenters. The van der Waals surface area contributed by atoms with Gasteiger partial charge in [-0.05, 0) is 13.0 Å². The van der Waals surface area contributed by atoms with Gasteiger partial charge < -0.3 is 10.4 Å². The third kappa shape index (κ3) is 3.21. The van der Waals surface area contributed by atoms with Crippen LogP contribution in [0.1, 0.15) is 5.69 Å². The van der Waals surface area contributed by atoms with Gasteiger partial charge in [0.1, 0.15) is 6.10 Å². The van der Waals surface area contributed by atoms with Gasteiger partial charge in [-0.2, -0.15) is 0 Å². The summed E-state index contributed by atoms with van der Waals surface area (Å²) in [6, 6.07) is 1.69. The molecule has 1 unspecified atom stereocenters. The Kier molecular flexibility index (Phi) is 3.70. The molecule has 0 aromatic carbocycles. The molecule has 6 heteroatoms. The number of aliphatic hydroxyl groups is 1. The van der Waals surface area contributed by atoms with Crippen molar-refractivity contribution in [3.05, 3.63) is 18.0 Å². The molecule has 0 aliphatic heterocycles. The van der Waals surface area contributed by atoms with E-state index in [1.165, 1.54) is 6.20 Å². The molecule has 0 aliphatic rings. The second-order valence-electron chi connectivity index (χ2n) is 2.80. The molecule has 0 aliphatic carbocycles. The molecule has 0 radical (unpaired) electrons. The van der Waals surface area contributed by atoms with Crippen molar-refractivity contribution >= 4 is 5.95 Å². The van der Waals surface area contributed by atoms with Crippen LogP contribution in [0.2, 0.25) is 0 Å². The van der Waals surface area contributed by atoms with Crippen molar-refractivity contribution in [2.75, 3.05) is 11.9 Å². The summed E-state index contributed by atoms with van der Waals surface area (Å²) in [5.41, 5.74) is 0.731. The number of hydrogen-bond acceptors (Lipinski definition) is 4. The number of hydrogen-bond donors (Lipinski definition) is 2. The van der Waals surface area contributed by atoms with E-state index in [9.17, 15) is 8.78 Å². The number of nitrogens with one attached hydrogen (secondary N) is 1. The summed E-state index contributed by atoms with van der Waals surface area (Å²) in [5.74, 6) is 0.240. The first-order valence-corrected chi connectivity index (χ1v) is 4.09. The molecule has 4 nitrogen and oxygen atoms in total. The Morgan fingerprint density at radius 3 is 2.86 bits per heavy atom. The monoisotopic (exact) mass is 203 g/mol. The molecule has 1 aromatic rings. The molecule has 0 saturated carbocycles. The first-order valence-electron chi connectivity index (χ1n) is 4.09. The highest BCUT2D eigenvalue weighted by Gasteiger charge is 2.16. The number of halogens is 2. The SMILES string of the molecule is Cc1ccnc(NCC(O)C(F)F)n1. The van der Waals surface area contributed by atoms with Gasteiger partial charge in [0.25, 0.3) is 6.43 Å². The van der Waals surface area contributed by atoms with Crippen LogP contribution in [0.15, 0.2) is 12.3 Å². The predicted molar refractivity (Wildman–Crippen MR) is 47.3 cm³/mol. The maximum atomic E-state index is 11.9. The molecular weight excluding hydrogens is 192 g/mol. The van der Waals surface area contributed by atoms with Crippen LogP contribution in [0.25, 0.3) is 0 Å². The summed E-state index contributed by atoms with van der Waals surface area (Å²) in [6.07, 6.45) is -2.94. The number of nitrogens with zero attached hydrogens (tertiary/aromatic N) is 2. The average molecular weight is 203 g/mol. The molecule has 2 N–H and O–H groups in total. The number of aryl methyl sites for hydroxylation is 1. The van der Waals surface area contributed by atoms with E-state index in [0.29, 0.717) is 0 Å². The van der Waals surface area contributed by atoms with Crippen LogP contribution in [-0.4, -0.2) is 34.1 Å². The summed E-state index contributed by atoms with van der Waals surface area (Å²) in [7, 11) is 0. The van der Waals surface area contributed by atoms with Crippen molar-refractivity contribution in [3.63, 3.8) is 0 Å². The van der Waals surface area contributed by atoms with Crippen LogP contribution in [-0.2, 0) is 0 Å². The molecule has 78 valence electrons. The van der Waals surface area contributed by atoms with Gasteiger partial charge in [-0.25, -0.2) is 18.7 Å². The lowest BCUT2D eigenvalue weighted by Crippen LogP contribution is -2.27. The molecular formula is C8H11F2N3O. The Balaban J connectivity index is 2.45. The molecule has 14 heavy (non-hydrogen) atoms. The van der Waals surface area contributed by atoms with E-state index < -0.39 is 12.5 Å². The lowest BCUT2D eigenvalue weighted by atomic mass is 10.4. The smallest absolute Gasteiger partial charge is 0.265 e. The number of aliphatic hydroxyl groups excluding tert-OH is 1. The lowest BCUT2D eigenvalue weighted by Gasteiger charge is -2.10. The second-order valence-corrected chi connectivity index (χ2v) is 2.80. The first kappa shape index (κ1) is 10.8. The first-order chi connectivity index (χ1) is 6.59. The van der Waals surface area contributed by atoms with E-state index in [-0.39, 0.29) is 12.5 Å². The highest BCUT2D eigenvalue weighted by atomic mass is 19.3. The van der Waals surface area contributed by atoms with Gasteiger partial charge in [0.15, 0.2) is 0 Å². The Labute approximate surface area is 80.0 Å². The largest absolute Gasteiger partial charge is 0.385 e. The van der Waals surface area contributed by atoms with E-state index in [2.05, 4.69) is 15.3 Å². The van der Waals surface area contributed by atoms with Gasteiger partial charge in [-0.15, -0.1) is 0 Å². The topological polar surface area (TPSA) is 58.0 Å². The maximum Gasteiger partial charge on any atom is 0.265 e. The average Bonchev–Trinajstić information content (AvgIpc) is 2.14. The second kappa shape index (κ2) is 4.80.